The highest BCUT2D eigenvalue weighted by atomic mass is 16.5. The molecular weight excluding hydrogens is 314 g/mol. The molecule has 0 fully saturated rings. The maximum atomic E-state index is 13.3. The number of para-hydroxylation sites is 1. The Hall–Kier alpha value is -2.59. The van der Waals surface area contributed by atoms with E-state index < -0.39 is 0 Å². The van der Waals surface area contributed by atoms with Gasteiger partial charge in [-0.2, -0.15) is 0 Å². The van der Waals surface area contributed by atoms with Crippen molar-refractivity contribution in [3.63, 3.8) is 0 Å². The van der Waals surface area contributed by atoms with Crippen molar-refractivity contribution >= 4 is 22.6 Å². The molecule has 4 heteroatoms. The summed E-state index contributed by atoms with van der Waals surface area (Å²) in [4.78, 5) is 15.1. The largest absolute Gasteiger partial charge is 0.450 e. The van der Waals surface area contributed by atoms with Gasteiger partial charge in [0.05, 0.1) is 6.61 Å². The molecule has 0 radical (unpaired) electrons. The molecular formula is C21H21NO3. The predicted molar refractivity (Wildman–Crippen MR) is 98.1 cm³/mol. The molecule has 0 spiro atoms. The maximum absolute atomic E-state index is 13.3. The first kappa shape index (κ1) is 15.9. The fourth-order valence-electron chi connectivity index (χ4n) is 3.62. The van der Waals surface area contributed by atoms with Gasteiger partial charge in [0.1, 0.15) is 5.58 Å². The van der Waals surface area contributed by atoms with Crippen molar-refractivity contribution in [3.8, 4) is 0 Å². The van der Waals surface area contributed by atoms with Crippen LogP contribution in [0.2, 0.25) is 0 Å². The molecule has 4 rings (SSSR count). The Morgan fingerprint density at radius 3 is 2.92 bits per heavy atom. The summed E-state index contributed by atoms with van der Waals surface area (Å²) in [6, 6.07) is 14.0. The van der Waals surface area contributed by atoms with Crippen molar-refractivity contribution in [2.45, 2.75) is 26.4 Å². The van der Waals surface area contributed by atoms with Crippen LogP contribution in [0.1, 0.15) is 33.7 Å². The fourth-order valence-corrected chi connectivity index (χ4v) is 3.62. The van der Waals surface area contributed by atoms with Gasteiger partial charge in [0.15, 0.2) is 5.76 Å². The molecule has 2 aromatic carbocycles. The average Bonchev–Trinajstić information content (AvgIpc) is 2.99. The molecule has 0 bridgehead atoms. The standard InChI is InChI=1S/C21H21NO3/c1-14-9-10-18-15(12-14)6-5-11-22(18)21(23)20-17(13-24-2)16-7-3-4-8-19(16)25-20/h3-4,7-10,12H,5-6,11,13H2,1-2H3. The summed E-state index contributed by atoms with van der Waals surface area (Å²) in [5, 5.41) is 0.939. The van der Waals surface area contributed by atoms with Crippen LogP contribution < -0.4 is 4.90 Å². The second kappa shape index (κ2) is 6.37. The van der Waals surface area contributed by atoms with Crippen molar-refractivity contribution < 1.29 is 13.9 Å². The van der Waals surface area contributed by atoms with Gasteiger partial charge in [-0.3, -0.25) is 4.79 Å². The number of rotatable bonds is 3. The van der Waals surface area contributed by atoms with E-state index in [0.717, 1.165) is 35.1 Å². The normalized spacial score (nSPS) is 13.9. The molecule has 1 aliphatic heterocycles. The van der Waals surface area contributed by atoms with Crippen molar-refractivity contribution in [1.82, 2.24) is 0 Å². The number of fused-ring (bicyclic) bond motifs is 2. The van der Waals surface area contributed by atoms with Crippen LogP contribution in [-0.4, -0.2) is 19.6 Å². The highest BCUT2D eigenvalue weighted by Gasteiger charge is 2.29. The van der Waals surface area contributed by atoms with E-state index in [1.165, 1.54) is 11.1 Å². The van der Waals surface area contributed by atoms with Gasteiger partial charge in [-0.05, 0) is 37.5 Å². The van der Waals surface area contributed by atoms with Crippen molar-refractivity contribution in [3.05, 3.63) is 64.9 Å². The van der Waals surface area contributed by atoms with E-state index >= 15 is 0 Å². The lowest BCUT2D eigenvalue weighted by molar-refractivity contribution is 0.0954. The highest BCUT2D eigenvalue weighted by molar-refractivity contribution is 6.08. The summed E-state index contributed by atoms with van der Waals surface area (Å²) in [5.74, 6) is 0.296. The Kier molecular flexibility index (Phi) is 4.06. The lowest BCUT2D eigenvalue weighted by atomic mass is 9.99. The smallest absolute Gasteiger partial charge is 0.294 e. The number of hydrogen-bond donors (Lipinski definition) is 0. The van der Waals surface area contributed by atoms with Crippen molar-refractivity contribution in [2.24, 2.45) is 0 Å². The van der Waals surface area contributed by atoms with Crippen LogP contribution >= 0.6 is 0 Å². The molecule has 25 heavy (non-hydrogen) atoms. The van der Waals surface area contributed by atoms with E-state index in [2.05, 4.69) is 19.1 Å². The topological polar surface area (TPSA) is 42.7 Å². The van der Waals surface area contributed by atoms with E-state index in [4.69, 9.17) is 9.15 Å². The number of methoxy groups -OCH3 is 1. The lowest BCUT2D eigenvalue weighted by Crippen LogP contribution is -2.35. The second-order valence-electron chi connectivity index (χ2n) is 6.53. The van der Waals surface area contributed by atoms with Crippen LogP contribution in [0.3, 0.4) is 0 Å². The molecule has 0 unspecified atom stereocenters. The number of carbonyl (C=O) groups is 1. The van der Waals surface area contributed by atoms with E-state index in [1.807, 2.05) is 35.2 Å². The summed E-state index contributed by atoms with van der Waals surface area (Å²) < 4.78 is 11.3. The van der Waals surface area contributed by atoms with Gasteiger partial charge >= 0.3 is 0 Å². The van der Waals surface area contributed by atoms with Gasteiger partial charge in [-0.25, -0.2) is 0 Å². The maximum Gasteiger partial charge on any atom is 0.294 e. The third-order valence-corrected chi connectivity index (χ3v) is 4.78. The first-order chi connectivity index (χ1) is 12.2. The molecule has 128 valence electrons. The van der Waals surface area contributed by atoms with Crippen LogP contribution in [0.5, 0.6) is 0 Å². The zero-order valence-corrected chi connectivity index (χ0v) is 14.5. The number of nitrogens with zero attached hydrogens (tertiary/aromatic N) is 1. The summed E-state index contributed by atoms with van der Waals surface area (Å²) >= 11 is 0. The number of ether oxygens (including phenoxy) is 1. The molecule has 1 amide bonds. The first-order valence-corrected chi connectivity index (χ1v) is 8.60. The van der Waals surface area contributed by atoms with Gasteiger partial charge < -0.3 is 14.1 Å². The molecule has 0 N–H and O–H groups in total. The Labute approximate surface area is 147 Å². The number of carbonyl (C=O) groups excluding carboxylic acids is 1. The molecule has 0 aliphatic carbocycles. The minimum Gasteiger partial charge on any atom is -0.450 e. The number of hydrogen-bond acceptors (Lipinski definition) is 3. The number of amides is 1. The number of furan rings is 1. The molecule has 3 aromatic rings. The van der Waals surface area contributed by atoms with Crippen molar-refractivity contribution in [1.29, 1.82) is 0 Å². The van der Waals surface area contributed by atoms with E-state index in [9.17, 15) is 4.79 Å². The second-order valence-corrected chi connectivity index (χ2v) is 6.53. The Bertz CT molecular complexity index is 941. The molecule has 1 aromatic heterocycles. The van der Waals surface area contributed by atoms with Gasteiger partial charge in [0.2, 0.25) is 0 Å². The molecule has 1 aliphatic rings. The minimum atomic E-state index is -0.0898. The number of anilines is 1. The van der Waals surface area contributed by atoms with E-state index in [-0.39, 0.29) is 5.91 Å². The lowest BCUT2D eigenvalue weighted by Gasteiger charge is -2.29. The van der Waals surface area contributed by atoms with Gasteiger partial charge in [-0.15, -0.1) is 0 Å². The van der Waals surface area contributed by atoms with Crippen LogP contribution in [0.25, 0.3) is 11.0 Å². The van der Waals surface area contributed by atoms with Crippen LogP contribution in [-0.2, 0) is 17.8 Å². The van der Waals surface area contributed by atoms with E-state index in [0.29, 0.717) is 18.9 Å². The summed E-state index contributed by atoms with van der Waals surface area (Å²) in [6.07, 6.45) is 1.97. The summed E-state index contributed by atoms with van der Waals surface area (Å²) in [6.45, 7) is 3.14. The first-order valence-electron chi connectivity index (χ1n) is 8.60. The number of aryl methyl sites for hydroxylation is 2. The van der Waals surface area contributed by atoms with Crippen molar-refractivity contribution in [2.75, 3.05) is 18.6 Å². The van der Waals surface area contributed by atoms with E-state index in [1.54, 1.807) is 7.11 Å². The Morgan fingerprint density at radius 1 is 1.24 bits per heavy atom. The van der Waals surface area contributed by atoms with Gasteiger partial charge in [-0.1, -0.05) is 35.9 Å². The third kappa shape index (κ3) is 2.72. The van der Waals surface area contributed by atoms with Gasteiger partial charge in [0.25, 0.3) is 5.91 Å². The van der Waals surface area contributed by atoms with Crippen LogP contribution in [0.4, 0.5) is 5.69 Å². The average molecular weight is 335 g/mol. The van der Waals surface area contributed by atoms with Gasteiger partial charge in [0, 0.05) is 30.3 Å². The Morgan fingerprint density at radius 2 is 2.08 bits per heavy atom. The molecule has 4 nitrogen and oxygen atoms in total. The molecule has 2 heterocycles. The predicted octanol–water partition coefficient (Wildman–Crippen LogP) is 4.48. The Balaban J connectivity index is 1.80. The van der Waals surface area contributed by atoms with Crippen LogP contribution in [0, 0.1) is 6.92 Å². The summed E-state index contributed by atoms with van der Waals surface area (Å²) in [5.41, 5.74) is 4.98. The molecule has 0 saturated heterocycles. The fraction of sp³-hybridized carbons (Fsp3) is 0.286. The highest BCUT2D eigenvalue weighted by Crippen LogP contribution is 2.32. The van der Waals surface area contributed by atoms with Crippen LogP contribution in [0.15, 0.2) is 46.9 Å². The number of benzene rings is 2. The summed E-state index contributed by atoms with van der Waals surface area (Å²) in [7, 11) is 1.63. The molecule has 0 atom stereocenters. The zero-order valence-electron chi connectivity index (χ0n) is 14.5. The third-order valence-electron chi connectivity index (χ3n) is 4.78. The minimum absolute atomic E-state index is 0.0898. The monoisotopic (exact) mass is 335 g/mol. The molecule has 0 saturated carbocycles. The SMILES string of the molecule is COCc1c(C(=O)N2CCCc3cc(C)ccc32)oc2ccccc12. The zero-order chi connectivity index (χ0) is 17.4. The quantitative estimate of drug-likeness (QED) is 0.709.